The molecule has 2 aliphatic rings. The number of hydrogen-bond donors (Lipinski definition) is 6. The smallest absolute Gasteiger partial charge is 0.341 e. The number of pyridine rings is 1. The first-order chi connectivity index (χ1) is 20.9. The first-order valence-electron chi connectivity index (χ1n) is 14.9. The number of aliphatic carboxylic acids is 1. The summed E-state index contributed by atoms with van der Waals surface area (Å²) in [5.74, 6) is -2.66. The van der Waals surface area contributed by atoms with Crippen LogP contribution in [0.4, 0.5) is 0 Å². The molecule has 1 aromatic heterocycles. The van der Waals surface area contributed by atoms with E-state index in [1.54, 1.807) is 32.9 Å². The number of hydrazine groups is 1. The van der Waals surface area contributed by atoms with Crippen molar-refractivity contribution < 1.29 is 34.1 Å². The maximum Gasteiger partial charge on any atom is 0.341 e. The molecule has 2 fully saturated rings. The Kier molecular flexibility index (Phi) is 10.7. The number of nitrogens with zero attached hydrogens (tertiary/aromatic N) is 2. The topological polar surface area (TPSA) is 182 Å². The number of carboxylic acids is 1. The quantitative estimate of drug-likeness (QED) is 0.226. The van der Waals surface area contributed by atoms with Gasteiger partial charge in [-0.25, -0.2) is 10.2 Å². The molecular weight excluding hydrogens is 568 g/mol. The van der Waals surface area contributed by atoms with Crippen LogP contribution in [0.1, 0.15) is 57.8 Å². The number of carbonyl (C=O) groups is 4. The Hall–Kier alpha value is -3.91. The van der Waals surface area contributed by atoms with Crippen LogP contribution in [0.15, 0.2) is 36.4 Å². The number of benzene rings is 1. The van der Waals surface area contributed by atoms with E-state index >= 15 is 0 Å². The van der Waals surface area contributed by atoms with Crippen LogP contribution in [-0.2, 0) is 23.9 Å². The van der Waals surface area contributed by atoms with E-state index in [1.807, 2.05) is 37.3 Å². The van der Waals surface area contributed by atoms with Crippen molar-refractivity contribution in [2.75, 3.05) is 26.2 Å². The summed E-state index contributed by atoms with van der Waals surface area (Å²) < 4.78 is 5.58. The second-order valence-electron chi connectivity index (χ2n) is 11.7. The van der Waals surface area contributed by atoms with Crippen molar-refractivity contribution in [1.82, 2.24) is 31.4 Å². The van der Waals surface area contributed by atoms with Crippen molar-refractivity contribution in [3.63, 3.8) is 0 Å². The van der Waals surface area contributed by atoms with E-state index in [0.29, 0.717) is 43.7 Å². The van der Waals surface area contributed by atoms with Gasteiger partial charge in [0.2, 0.25) is 11.8 Å². The zero-order valence-electron chi connectivity index (χ0n) is 25.5. The minimum absolute atomic E-state index is 0.172. The molecule has 44 heavy (non-hydrogen) atoms. The van der Waals surface area contributed by atoms with Gasteiger partial charge in [0.05, 0.1) is 23.9 Å². The average molecular weight is 611 g/mol. The molecule has 0 saturated carbocycles. The van der Waals surface area contributed by atoms with Crippen molar-refractivity contribution >= 4 is 40.7 Å². The van der Waals surface area contributed by atoms with Crippen molar-refractivity contribution in [2.24, 2.45) is 5.92 Å². The molecule has 4 rings (SSSR count). The highest BCUT2D eigenvalue weighted by Gasteiger charge is 2.39. The van der Waals surface area contributed by atoms with Crippen LogP contribution in [0.5, 0.6) is 0 Å². The lowest BCUT2D eigenvalue weighted by Crippen LogP contribution is -2.61. The second-order valence-corrected chi connectivity index (χ2v) is 11.7. The third-order valence-electron chi connectivity index (χ3n) is 7.87. The third-order valence-corrected chi connectivity index (χ3v) is 7.87. The lowest BCUT2D eigenvalue weighted by molar-refractivity contribution is -0.161. The summed E-state index contributed by atoms with van der Waals surface area (Å²) in [6.45, 7) is 8.22. The monoisotopic (exact) mass is 610 g/mol. The van der Waals surface area contributed by atoms with Crippen LogP contribution in [0.3, 0.4) is 0 Å². The lowest BCUT2D eigenvalue weighted by Gasteiger charge is -2.35. The van der Waals surface area contributed by atoms with Gasteiger partial charge in [-0.2, -0.15) is 0 Å². The molecule has 0 aliphatic carbocycles. The second kappa shape index (κ2) is 14.2. The van der Waals surface area contributed by atoms with Gasteiger partial charge >= 0.3 is 5.97 Å². The molecule has 2 aromatic rings. The highest BCUT2D eigenvalue weighted by atomic mass is 16.5. The maximum absolute atomic E-state index is 13.2. The number of aliphatic hydroxyl groups excluding tert-OH is 1. The molecule has 2 saturated heterocycles. The number of fused-ring (bicyclic) bond motifs is 1. The third kappa shape index (κ3) is 7.78. The fourth-order valence-electron chi connectivity index (χ4n) is 5.09. The van der Waals surface area contributed by atoms with E-state index in [9.17, 15) is 29.4 Å². The van der Waals surface area contributed by atoms with E-state index in [2.05, 4.69) is 21.4 Å². The predicted octanol–water partition coefficient (Wildman–Crippen LogP) is 0.886. The highest BCUT2D eigenvalue weighted by Crippen LogP contribution is 2.22. The summed E-state index contributed by atoms with van der Waals surface area (Å²) in [5, 5.41) is 30.5. The normalized spacial score (nSPS) is 22.9. The number of ether oxygens (including phenoxy) is 1. The average Bonchev–Trinajstić information content (AvgIpc) is 3.02. The van der Waals surface area contributed by atoms with Gasteiger partial charge in [0.25, 0.3) is 5.91 Å². The van der Waals surface area contributed by atoms with Crippen molar-refractivity contribution in [3.05, 3.63) is 47.7 Å². The number of aliphatic hydroxyl groups is 1. The Labute approximate surface area is 256 Å². The van der Waals surface area contributed by atoms with Crippen molar-refractivity contribution in [3.8, 4) is 0 Å². The van der Waals surface area contributed by atoms with E-state index in [1.165, 1.54) is 5.01 Å². The Morgan fingerprint density at radius 2 is 1.89 bits per heavy atom. The van der Waals surface area contributed by atoms with Crippen molar-refractivity contribution in [2.45, 2.75) is 70.4 Å². The summed E-state index contributed by atoms with van der Waals surface area (Å²) in [5.41, 5.74) is 3.62. The van der Waals surface area contributed by atoms with E-state index in [0.717, 1.165) is 10.9 Å². The van der Waals surface area contributed by atoms with Gasteiger partial charge in [0.1, 0.15) is 18.2 Å². The van der Waals surface area contributed by atoms with E-state index < -0.39 is 47.6 Å². The van der Waals surface area contributed by atoms with Gasteiger partial charge in [0.15, 0.2) is 5.60 Å². The summed E-state index contributed by atoms with van der Waals surface area (Å²) in [4.78, 5) is 55.0. The number of hydrogen-bond acceptors (Lipinski definition) is 9. The maximum atomic E-state index is 13.2. The molecule has 3 heterocycles. The van der Waals surface area contributed by atoms with E-state index in [4.69, 9.17) is 9.72 Å². The Balaban J connectivity index is 1.39. The molecule has 1 aromatic carbocycles. The molecule has 13 heteroatoms. The van der Waals surface area contributed by atoms with Gasteiger partial charge in [-0.1, -0.05) is 38.1 Å². The summed E-state index contributed by atoms with van der Waals surface area (Å²) in [6.07, 6.45) is 3.15. The van der Waals surface area contributed by atoms with Crippen LogP contribution >= 0.6 is 0 Å². The number of carboxylic acid groups (broad SMARTS) is 1. The van der Waals surface area contributed by atoms with Gasteiger partial charge in [-0.05, 0) is 56.4 Å². The van der Waals surface area contributed by atoms with E-state index in [-0.39, 0.29) is 18.4 Å². The van der Waals surface area contributed by atoms with Crippen LogP contribution in [0, 0.1) is 5.92 Å². The highest BCUT2D eigenvalue weighted by molar-refractivity contribution is 5.90. The van der Waals surface area contributed by atoms with Crippen LogP contribution in [0.2, 0.25) is 0 Å². The zero-order chi connectivity index (χ0) is 32.0. The van der Waals surface area contributed by atoms with Gasteiger partial charge in [0, 0.05) is 25.0 Å². The van der Waals surface area contributed by atoms with Gasteiger partial charge in [-0.3, -0.25) is 24.4 Å². The molecule has 238 valence electrons. The first kappa shape index (κ1) is 33.0. The molecule has 6 N–H and O–H groups in total. The number of rotatable bonds is 10. The van der Waals surface area contributed by atoms with Gasteiger partial charge < -0.3 is 30.9 Å². The number of morpholine rings is 1. The predicted molar refractivity (Wildman–Crippen MR) is 163 cm³/mol. The summed E-state index contributed by atoms with van der Waals surface area (Å²) >= 11 is 0. The molecule has 0 radical (unpaired) electrons. The number of aromatic nitrogens is 1. The SMILES string of the molecule is CC(NC(=O)[C@@H]1CCCN(C(=O)[C@H](C)NC(=O)[C@@H](O)C(C)C)N1)c1ccc2ccc(/C=C/C3(C(=O)O)CNCCO3)cc2n1. The molecule has 5 atom stereocenters. The number of nitrogens with one attached hydrogen (secondary N) is 4. The molecule has 3 amide bonds. The summed E-state index contributed by atoms with van der Waals surface area (Å²) in [7, 11) is 0. The molecule has 13 nitrogen and oxygen atoms in total. The van der Waals surface area contributed by atoms with Crippen LogP contribution in [0.25, 0.3) is 17.0 Å². The lowest BCUT2D eigenvalue weighted by atomic mass is 10.00. The fourth-order valence-corrected chi connectivity index (χ4v) is 5.09. The fraction of sp³-hybridized carbons (Fsp3) is 0.516. The Bertz CT molecular complexity index is 1410. The molecule has 2 aliphatic heterocycles. The Morgan fingerprint density at radius 3 is 2.57 bits per heavy atom. The minimum Gasteiger partial charge on any atom is -0.479 e. The molecular formula is C31H42N6O7. The number of carbonyl (C=O) groups excluding carboxylic acids is 3. The molecule has 0 spiro atoms. The minimum atomic E-state index is -1.43. The summed E-state index contributed by atoms with van der Waals surface area (Å²) in [6, 6.07) is 7.39. The standard InChI is InChI=1S/C31H42N6O7/c1-18(2)26(38)28(40)34-20(4)29(41)37-14-5-6-24(36-37)27(39)33-19(3)23-10-9-22-8-7-21(16-25(22)35-23)11-12-31(30(42)43)17-32-13-15-44-31/h7-12,16,18-20,24,26,32,36,38H,5-6,13-15,17H2,1-4H3,(H,33,39)(H,34,40)(H,42,43)/b12-11+/t19?,20-,24-,26-,31?/m0/s1. The molecule has 0 bridgehead atoms. The zero-order valence-corrected chi connectivity index (χ0v) is 25.5. The Morgan fingerprint density at radius 1 is 1.14 bits per heavy atom. The van der Waals surface area contributed by atoms with Crippen LogP contribution in [-0.4, -0.2) is 93.9 Å². The largest absolute Gasteiger partial charge is 0.479 e. The first-order valence-corrected chi connectivity index (χ1v) is 14.9. The number of amides is 3. The van der Waals surface area contributed by atoms with Crippen molar-refractivity contribution in [1.29, 1.82) is 0 Å². The van der Waals surface area contributed by atoms with Gasteiger partial charge in [-0.15, -0.1) is 0 Å². The van der Waals surface area contributed by atoms with Crippen LogP contribution < -0.4 is 21.4 Å². The molecule has 2 unspecified atom stereocenters.